The molecule has 0 radical (unpaired) electrons. The van der Waals surface area contributed by atoms with E-state index >= 15 is 0 Å². The number of carbonyl (C=O) groups is 4. The Morgan fingerprint density at radius 1 is 0.650 bits per heavy atom. The van der Waals surface area contributed by atoms with Gasteiger partial charge in [0.1, 0.15) is 24.7 Å². The van der Waals surface area contributed by atoms with E-state index in [-0.39, 0.29) is 25.4 Å². The Morgan fingerprint density at radius 2 is 1.10 bits per heavy atom. The normalized spacial score (nSPS) is 13.0. The van der Waals surface area contributed by atoms with Crippen LogP contribution in [-0.4, -0.2) is 41.9 Å². The van der Waals surface area contributed by atoms with Gasteiger partial charge in [0.15, 0.2) is 0 Å². The molecular formula is C31H36N4O5. The van der Waals surface area contributed by atoms with Crippen molar-refractivity contribution in [1.82, 2.24) is 16.0 Å². The van der Waals surface area contributed by atoms with E-state index in [1.807, 2.05) is 91.0 Å². The van der Waals surface area contributed by atoms with Gasteiger partial charge in [0, 0.05) is 12.8 Å². The lowest BCUT2D eigenvalue weighted by atomic mass is 10.0. The summed E-state index contributed by atoms with van der Waals surface area (Å²) in [5, 5.41) is 8.07. The lowest BCUT2D eigenvalue weighted by Gasteiger charge is -2.26. The minimum atomic E-state index is -1.03. The largest absolute Gasteiger partial charge is 0.445 e. The van der Waals surface area contributed by atoms with Crippen molar-refractivity contribution < 1.29 is 23.9 Å². The highest BCUT2D eigenvalue weighted by atomic mass is 16.5. The molecule has 3 rings (SSSR count). The van der Waals surface area contributed by atoms with Crippen molar-refractivity contribution in [1.29, 1.82) is 0 Å². The number of alkyl carbamates (subject to hydrolysis) is 1. The van der Waals surface area contributed by atoms with Crippen LogP contribution in [0.4, 0.5) is 4.79 Å². The molecule has 0 bridgehead atoms. The number of benzene rings is 3. The maximum Gasteiger partial charge on any atom is 0.408 e. The molecule has 40 heavy (non-hydrogen) atoms. The van der Waals surface area contributed by atoms with Gasteiger partial charge in [-0.25, -0.2) is 4.79 Å². The van der Waals surface area contributed by atoms with Gasteiger partial charge in [0.05, 0.1) is 0 Å². The van der Waals surface area contributed by atoms with E-state index < -0.39 is 41.9 Å². The van der Waals surface area contributed by atoms with Crippen LogP contribution in [-0.2, 0) is 38.6 Å². The minimum Gasteiger partial charge on any atom is -0.445 e. The first-order chi connectivity index (χ1) is 19.2. The summed E-state index contributed by atoms with van der Waals surface area (Å²) in [6.07, 6.45) is -0.381. The Balaban J connectivity index is 1.71. The second kappa shape index (κ2) is 15.1. The molecule has 0 aromatic heterocycles. The van der Waals surface area contributed by atoms with E-state index in [1.54, 1.807) is 13.8 Å². The summed E-state index contributed by atoms with van der Waals surface area (Å²) in [4.78, 5) is 51.5. The predicted octanol–water partition coefficient (Wildman–Crippen LogP) is 2.88. The van der Waals surface area contributed by atoms with Gasteiger partial charge in [-0.1, -0.05) is 105 Å². The quantitative estimate of drug-likeness (QED) is 0.262. The summed E-state index contributed by atoms with van der Waals surface area (Å²) in [6.45, 7) is 3.60. The SMILES string of the molecule is CC(C)[C@H](NC(=O)OCc1ccccc1)C(=O)N[C@@H](Cc1ccccc1)C(=O)N[C@@H](Cc1ccccc1)C(N)=O. The van der Waals surface area contributed by atoms with Crippen LogP contribution in [0.3, 0.4) is 0 Å². The van der Waals surface area contributed by atoms with Gasteiger partial charge in [-0.15, -0.1) is 0 Å². The fraction of sp³-hybridized carbons (Fsp3) is 0.290. The van der Waals surface area contributed by atoms with Crippen LogP contribution >= 0.6 is 0 Å². The summed E-state index contributed by atoms with van der Waals surface area (Å²) >= 11 is 0. The first kappa shape index (κ1) is 29.9. The zero-order chi connectivity index (χ0) is 28.9. The van der Waals surface area contributed by atoms with E-state index in [0.29, 0.717) is 0 Å². The molecule has 3 atom stereocenters. The van der Waals surface area contributed by atoms with Gasteiger partial charge in [0.2, 0.25) is 17.7 Å². The molecule has 0 spiro atoms. The van der Waals surface area contributed by atoms with Crippen molar-refractivity contribution in [2.75, 3.05) is 0 Å². The van der Waals surface area contributed by atoms with Gasteiger partial charge in [-0.3, -0.25) is 14.4 Å². The highest BCUT2D eigenvalue weighted by molar-refractivity contribution is 5.94. The maximum absolute atomic E-state index is 13.4. The number of nitrogens with two attached hydrogens (primary N) is 1. The van der Waals surface area contributed by atoms with Crippen molar-refractivity contribution in [3.8, 4) is 0 Å². The summed E-state index contributed by atoms with van der Waals surface area (Å²) in [5.41, 5.74) is 8.04. The third-order valence-corrected chi connectivity index (χ3v) is 6.29. The average Bonchev–Trinajstić information content (AvgIpc) is 2.95. The van der Waals surface area contributed by atoms with Crippen molar-refractivity contribution >= 4 is 23.8 Å². The highest BCUT2D eigenvalue weighted by Crippen LogP contribution is 2.09. The highest BCUT2D eigenvalue weighted by Gasteiger charge is 2.31. The van der Waals surface area contributed by atoms with E-state index in [0.717, 1.165) is 16.7 Å². The lowest BCUT2D eigenvalue weighted by molar-refractivity contribution is -0.132. The molecule has 0 aliphatic heterocycles. The van der Waals surface area contributed by atoms with E-state index in [4.69, 9.17) is 10.5 Å². The third kappa shape index (κ3) is 9.58. The molecule has 0 unspecified atom stereocenters. The molecule has 0 saturated heterocycles. The third-order valence-electron chi connectivity index (χ3n) is 6.29. The molecule has 0 aliphatic carbocycles. The molecule has 0 fully saturated rings. The van der Waals surface area contributed by atoms with Gasteiger partial charge in [-0.05, 0) is 22.6 Å². The Morgan fingerprint density at radius 3 is 1.57 bits per heavy atom. The average molecular weight is 545 g/mol. The van der Waals surface area contributed by atoms with Gasteiger partial charge >= 0.3 is 6.09 Å². The van der Waals surface area contributed by atoms with Crippen molar-refractivity contribution in [2.45, 2.75) is 51.4 Å². The van der Waals surface area contributed by atoms with Crippen molar-refractivity contribution in [2.24, 2.45) is 11.7 Å². The van der Waals surface area contributed by atoms with Crippen LogP contribution in [0.1, 0.15) is 30.5 Å². The smallest absolute Gasteiger partial charge is 0.408 e. The molecule has 0 saturated carbocycles. The van der Waals surface area contributed by atoms with Crippen LogP contribution in [0.25, 0.3) is 0 Å². The lowest BCUT2D eigenvalue weighted by Crippen LogP contribution is -2.58. The molecule has 4 amide bonds. The second-order valence-electron chi connectivity index (χ2n) is 9.83. The molecule has 3 aromatic rings. The van der Waals surface area contributed by atoms with Crippen LogP contribution in [0.5, 0.6) is 0 Å². The predicted molar refractivity (Wildman–Crippen MR) is 152 cm³/mol. The number of rotatable bonds is 13. The minimum absolute atomic E-state index is 0.0497. The molecule has 9 heteroatoms. The molecule has 5 N–H and O–H groups in total. The topological polar surface area (TPSA) is 140 Å². The monoisotopic (exact) mass is 544 g/mol. The number of amides is 4. The fourth-order valence-corrected chi connectivity index (χ4v) is 4.09. The van der Waals surface area contributed by atoms with E-state index in [1.165, 1.54) is 0 Å². The molecule has 0 heterocycles. The first-order valence-electron chi connectivity index (χ1n) is 13.2. The van der Waals surface area contributed by atoms with Gasteiger partial charge in [-0.2, -0.15) is 0 Å². The number of nitrogens with one attached hydrogen (secondary N) is 3. The Labute approximate surface area is 234 Å². The van der Waals surface area contributed by atoms with Crippen molar-refractivity contribution in [3.05, 3.63) is 108 Å². The standard InChI is InChI=1S/C31H36N4O5/c1-21(2)27(35-31(39)40-20-24-16-10-5-11-17-24)30(38)34-26(19-23-14-8-4-9-15-23)29(37)33-25(28(32)36)18-22-12-6-3-7-13-22/h3-17,21,25-27H,18-20H2,1-2H3,(H2,32,36)(H,33,37)(H,34,38)(H,35,39)/t25-,26-,27-/m0/s1. The van der Waals surface area contributed by atoms with E-state index in [9.17, 15) is 19.2 Å². The summed E-state index contributed by atoms with van der Waals surface area (Å²) in [7, 11) is 0. The van der Waals surface area contributed by atoms with Crippen LogP contribution < -0.4 is 21.7 Å². The molecule has 3 aromatic carbocycles. The van der Waals surface area contributed by atoms with Crippen LogP contribution in [0, 0.1) is 5.92 Å². The molecular weight excluding hydrogens is 508 g/mol. The second-order valence-corrected chi connectivity index (χ2v) is 9.83. The molecule has 9 nitrogen and oxygen atoms in total. The summed E-state index contributed by atoms with van der Waals surface area (Å²) in [6, 6.07) is 24.6. The zero-order valence-corrected chi connectivity index (χ0v) is 22.7. The van der Waals surface area contributed by atoms with Crippen molar-refractivity contribution in [3.63, 3.8) is 0 Å². The van der Waals surface area contributed by atoms with Gasteiger partial charge < -0.3 is 26.4 Å². The van der Waals surface area contributed by atoms with E-state index in [2.05, 4.69) is 16.0 Å². The Hall–Kier alpha value is -4.66. The van der Waals surface area contributed by atoms with Crippen LogP contribution in [0.2, 0.25) is 0 Å². The zero-order valence-electron chi connectivity index (χ0n) is 22.7. The van der Waals surface area contributed by atoms with Crippen LogP contribution in [0.15, 0.2) is 91.0 Å². The fourth-order valence-electron chi connectivity index (χ4n) is 4.09. The maximum atomic E-state index is 13.4. The molecule has 210 valence electrons. The number of primary amides is 1. The Kier molecular flexibility index (Phi) is 11.3. The number of ether oxygens (including phenoxy) is 1. The first-order valence-corrected chi connectivity index (χ1v) is 13.2. The molecule has 0 aliphatic rings. The summed E-state index contributed by atoms with van der Waals surface area (Å²) in [5.74, 6) is -2.11. The number of carbonyl (C=O) groups excluding carboxylic acids is 4. The number of hydrogen-bond acceptors (Lipinski definition) is 5. The number of hydrogen-bond donors (Lipinski definition) is 4. The Bertz CT molecular complexity index is 1250. The van der Waals surface area contributed by atoms with Gasteiger partial charge in [0.25, 0.3) is 0 Å². The summed E-state index contributed by atoms with van der Waals surface area (Å²) < 4.78 is 5.28.